The smallest absolute Gasteiger partial charge is 0.253 e. The standard InChI is InChI=1S/C19H27N3O2.ClH/c1-14-9-12-22(13-10-14)19(24)15-5-7-16(8-6-15)21-18(23)17-4-2-3-11-20-17;/h5-8,14,17,20H,2-4,9-13H2,1H3,(H,21,23);1H. The van der Waals surface area contributed by atoms with Crippen LogP contribution in [0.4, 0.5) is 5.69 Å². The van der Waals surface area contributed by atoms with Gasteiger partial charge in [-0.15, -0.1) is 12.4 Å². The number of piperidine rings is 2. The van der Waals surface area contributed by atoms with Crippen molar-refractivity contribution < 1.29 is 9.59 Å². The first kappa shape index (κ1) is 19.7. The summed E-state index contributed by atoms with van der Waals surface area (Å²) in [4.78, 5) is 26.7. The van der Waals surface area contributed by atoms with E-state index in [0.29, 0.717) is 11.5 Å². The van der Waals surface area contributed by atoms with Crippen molar-refractivity contribution >= 4 is 29.9 Å². The lowest BCUT2D eigenvalue weighted by Gasteiger charge is -2.30. The minimum Gasteiger partial charge on any atom is -0.339 e. The van der Waals surface area contributed by atoms with Crippen LogP contribution in [-0.2, 0) is 4.79 Å². The second kappa shape index (κ2) is 9.20. The van der Waals surface area contributed by atoms with Crippen LogP contribution in [0.25, 0.3) is 0 Å². The molecule has 0 saturated carbocycles. The molecule has 1 aromatic rings. The fraction of sp³-hybridized carbons (Fsp3) is 0.579. The minimum atomic E-state index is -0.101. The first-order valence-electron chi connectivity index (χ1n) is 9.07. The van der Waals surface area contributed by atoms with Crippen molar-refractivity contribution in [3.63, 3.8) is 0 Å². The van der Waals surface area contributed by atoms with Gasteiger partial charge in [0, 0.05) is 24.3 Å². The minimum absolute atomic E-state index is 0. The number of carbonyl (C=O) groups is 2. The molecule has 6 heteroatoms. The maximum atomic E-state index is 12.5. The van der Waals surface area contributed by atoms with Gasteiger partial charge in [-0.1, -0.05) is 13.3 Å². The maximum Gasteiger partial charge on any atom is 0.253 e. The van der Waals surface area contributed by atoms with Crippen LogP contribution in [-0.4, -0.2) is 42.4 Å². The van der Waals surface area contributed by atoms with Gasteiger partial charge < -0.3 is 15.5 Å². The zero-order valence-corrected chi connectivity index (χ0v) is 15.6. The number of likely N-dealkylation sites (tertiary alicyclic amines) is 1. The van der Waals surface area contributed by atoms with E-state index in [-0.39, 0.29) is 30.3 Å². The van der Waals surface area contributed by atoms with Crippen LogP contribution in [0.3, 0.4) is 0 Å². The Morgan fingerprint density at radius 3 is 2.36 bits per heavy atom. The topological polar surface area (TPSA) is 61.4 Å². The highest BCUT2D eigenvalue weighted by Gasteiger charge is 2.22. The molecular formula is C19H28ClN3O2. The van der Waals surface area contributed by atoms with Gasteiger partial charge >= 0.3 is 0 Å². The van der Waals surface area contributed by atoms with Gasteiger partial charge in [0.25, 0.3) is 5.91 Å². The van der Waals surface area contributed by atoms with E-state index in [9.17, 15) is 9.59 Å². The number of hydrogen-bond acceptors (Lipinski definition) is 3. The molecule has 3 rings (SSSR count). The average molecular weight is 366 g/mol. The summed E-state index contributed by atoms with van der Waals surface area (Å²) in [5, 5.41) is 6.18. The molecule has 25 heavy (non-hydrogen) atoms. The molecule has 2 heterocycles. The monoisotopic (exact) mass is 365 g/mol. The van der Waals surface area contributed by atoms with Gasteiger partial charge in [0.1, 0.15) is 0 Å². The number of nitrogens with one attached hydrogen (secondary N) is 2. The summed E-state index contributed by atoms with van der Waals surface area (Å²) >= 11 is 0. The Hall–Kier alpha value is -1.59. The molecule has 1 atom stereocenters. The van der Waals surface area contributed by atoms with Crippen LogP contribution >= 0.6 is 12.4 Å². The van der Waals surface area contributed by atoms with Crippen LogP contribution < -0.4 is 10.6 Å². The molecule has 0 aliphatic carbocycles. The van der Waals surface area contributed by atoms with Crippen LogP contribution in [0.1, 0.15) is 49.4 Å². The van der Waals surface area contributed by atoms with Crippen molar-refractivity contribution in [1.82, 2.24) is 10.2 Å². The molecule has 5 nitrogen and oxygen atoms in total. The Bertz CT molecular complexity index is 577. The Morgan fingerprint density at radius 2 is 1.76 bits per heavy atom. The van der Waals surface area contributed by atoms with Crippen molar-refractivity contribution in [3.8, 4) is 0 Å². The molecule has 2 aliphatic heterocycles. The summed E-state index contributed by atoms with van der Waals surface area (Å²) in [6, 6.07) is 7.16. The van der Waals surface area contributed by atoms with E-state index in [1.54, 1.807) is 0 Å². The quantitative estimate of drug-likeness (QED) is 0.865. The Morgan fingerprint density at radius 1 is 1.08 bits per heavy atom. The van der Waals surface area contributed by atoms with E-state index in [2.05, 4.69) is 17.6 Å². The Labute approximate surface area is 155 Å². The van der Waals surface area contributed by atoms with Gasteiger partial charge in [0.15, 0.2) is 0 Å². The zero-order valence-electron chi connectivity index (χ0n) is 14.8. The van der Waals surface area contributed by atoms with Gasteiger partial charge in [0.2, 0.25) is 5.91 Å². The molecule has 2 amide bonds. The SMILES string of the molecule is CC1CCN(C(=O)c2ccc(NC(=O)C3CCCCN3)cc2)CC1.Cl. The highest BCUT2D eigenvalue weighted by Crippen LogP contribution is 2.19. The first-order valence-corrected chi connectivity index (χ1v) is 9.07. The lowest BCUT2D eigenvalue weighted by molar-refractivity contribution is -0.118. The third kappa shape index (κ3) is 5.19. The summed E-state index contributed by atoms with van der Waals surface area (Å²) in [5.41, 5.74) is 1.44. The molecule has 2 aliphatic rings. The van der Waals surface area contributed by atoms with E-state index in [4.69, 9.17) is 0 Å². The second-order valence-electron chi connectivity index (χ2n) is 7.04. The first-order chi connectivity index (χ1) is 11.6. The molecule has 0 aromatic heterocycles. The van der Waals surface area contributed by atoms with E-state index >= 15 is 0 Å². The third-order valence-electron chi connectivity index (χ3n) is 5.10. The second-order valence-corrected chi connectivity index (χ2v) is 7.04. The van der Waals surface area contributed by atoms with Crippen LogP contribution in [0.15, 0.2) is 24.3 Å². The zero-order chi connectivity index (χ0) is 16.9. The largest absolute Gasteiger partial charge is 0.339 e. The molecule has 2 fully saturated rings. The van der Waals surface area contributed by atoms with Crippen molar-refractivity contribution in [2.75, 3.05) is 25.0 Å². The molecule has 2 saturated heterocycles. The number of amides is 2. The number of benzene rings is 1. The van der Waals surface area contributed by atoms with Crippen LogP contribution in [0.2, 0.25) is 0 Å². The molecule has 1 aromatic carbocycles. The lowest BCUT2D eigenvalue weighted by atomic mass is 9.98. The molecular weight excluding hydrogens is 338 g/mol. The van der Waals surface area contributed by atoms with Crippen molar-refractivity contribution in [1.29, 1.82) is 0 Å². The fourth-order valence-electron chi connectivity index (χ4n) is 3.40. The number of nitrogens with zero attached hydrogens (tertiary/aromatic N) is 1. The van der Waals surface area contributed by atoms with E-state index < -0.39 is 0 Å². The molecule has 2 N–H and O–H groups in total. The van der Waals surface area contributed by atoms with Gasteiger partial charge in [-0.25, -0.2) is 0 Å². The number of halogens is 1. The Balaban J connectivity index is 0.00000225. The molecule has 138 valence electrons. The third-order valence-corrected chi connectivity index (χ3v) is 5.10. The maximum absolute atomic E-state index is 12.5. The molecule has 0 radical (unpaired) electrons. The Kier molecular flexibility index (Phi) is 7.26. The van der Waals surface area contributed by atoms with Crippen molar-refractivity contribution in [2.24, 2.45) is 5.92 Å². The van der Waals surface area contributed by atoms with Gasteiger partial charge in [-0.3, -0.25) is 9.59 Å². The van der Waals surface area contributed by atoms with E-state index in [1.807, 2.05) is 29.2 Å². The highest BCUT2D eigenvalue weighted by molar-refractivity contribution is 5.97. The van der Waals surface area contributed by atoms with Crippen LogP contribution in [0, 0.1) is 5.92 Å². The predicted octanol–water partition coefficient (Wildman–Crippen LogP) is 3.06. The number of carbonyl (C=O) groups excluding carboxylic acids is 2. The van der Waals surface area contributed by atoms with E-state index in [0.717, 1.165) is 57.4 Å². The normalized spacial score (nSPS) is 21.3. The summed E-state index contributed by atoms with van der Waals surface area (Å²) in [5.74, 6) is 0.813. The summed E-state index contributed by atoms with van der Waals surface area (Å²) < 4.78 is 0. The van der Waals surface area contributed by atoms with Crippen molar-refractivity contribution in [3.05, 3.63) is 29.8 Å². The highest BCUT2D eigenvalue weighted by atomic mass is 35.5. The summed E-state index contributed by atoms with van der Waals surface area (Å²) in [6.07, 6.45) is 5.27. The van der Waals surface area contributed by atoms with Crippen molar-refractivity contribution in [2.45, 2.75) is 45.1 Å². The van der Waals surface area contributed by atoms with Gasteiger partial charge in [-0.05, 0) is 62.4 Å². The summed E-state index contributed by atoms with van der Waals surface area (Å²) in [6.45, 7) is 4.82. The van der Waals surface area contributed by atoms with Crippen LogP contribution in [0.5, 0.6) is 0 Å². The van der Waals surface area contributed by atoms with Gasteiger partial charge in [-0.2, -0.15) is 0 Å². The lowest BCUT2D eigenvalue weighted by Crippen LogP contribution is -2.43. The average Bonchev–Trinajstić information content (AvgIpc) is 2.63. The predicted molar refractivity (Wildman–Crippen MR) is 102 cm³/mol. The molecule has 1 unspecified atom stereocenters. The molecule has 0 bridgehead atoms. The number of anilines is 1. The number of rotatable bonds is 3. The summed E-state index contributed by atoms with van der Waals surface area (Å²) in [7, 11) is 0. The fourth-order valence-corrected chi connectivity index (χ4v) is 3.40. The van der Waals surface area contributed by atoms with Gasteiger partial charge in [0.05, 0.1) is 6.04 Å². The number of hydrogen-bond donors (Lipinski definition) is 2. The molecule has 0 spiro atoms. The van der Waals surface area contributed by atoms with E-state index in [1.165, 1.54) is 0 Å².